The Balaban J connectivity index is 1.60. The highest BCUT2D eigenvalue weighted by Crippen LogP contribution is 2.15. The number of benzene rings is 2. The first-order valence-corrected chi connectivity index (χ1v) is 8.71. The van der Waals surface area contributed by atoms with Crippen molar-refractivity contribution in [2.75, 3.05) is 10.6 Å². The van der Waals surface area contributed by atoms with Crippen LogP contribution in [0.15, 0.2) is 65.4 Å². The standard InChI is InChI=1S/C18H17BrN4S/c1-13-4-2-3-5-14(13)11-23-12-17(10-20-23)22-18(24)21-16-8-6-15(19)7-9-16/h2-10,12H,11H2,1H3,(H2,21,22,24). The van der Waals surface area contributed by atoms with E-state index >= 15 is 0 Å². The van der Waals surface area contributed by atoms with Crippen LogP contribution in [-0.4, -0.2) is 14.9 Å². The molecule has 2 aromatic carbocycles. The third-order valence-electron chi connectivity index (χ3n) is 3.59. The molecular weight excluding hydrogens is 384 g/mol. The molecule has 0 aliphatic carbocycles. The predicted molar refractivity (Wildman–Crippen MR) is 106 cm³/mol. The Morgan fingerprint density at radius 2 is 1.79 bits per heavy atom. The third-order valence-corrected chi connectivity index (χ3v) is 4.32. The fourth-order valence-electron chi connectivity index (χ4n) is 2.30. The van der Waals surface area contributed by atoms with Gasteiger partial charge in [0.2, 0.25) is 0 Å². The van der Waals surface area contributed by atoms with Crippen molar-refractivity contribution in [1.29, 1.82) is 0 Å². The molecule has 1 aromatic heterocycles. The van der Waals surface area contributed by atoms with Crippen molar-refractivity contribution in [3.63, 3.8) is 0 Å². The Bertz CT molecular complexity index is 842. The lowest BCUT2D eigenvalue weighted by Crippen LogP contribution is -2.18. The van der Waals surface area contributed by atoms with Crippen molar-refractivity contribution in [3.05, 3.63) is 76.5 Å². The lowest BCUT2D eigenvalue weighted by atomic mass is 10.1. The van der Waals surface area contributed by atoms with Gasteiger partial charge in [-0.2, -0.15) is 5.10 Å². The maximum Gasteiger partial charge on any atom is 0.175 e. The molecule has 0 saturated carbocycles. The van der Waals surface area contributed by atoms with Crippen LogP contribution in [0.2, 0.25) is 0 Å². The van der Waals surface area contributed by atoms with Crippen LogP contribution >= 0.6 is 28.1 Å². The first kappa shape index (κ1) is 16.7. The van der Waals surface area contributed by atoms with Crippen LogP contribution in [-0.2, 0) is 6.54 Å². The molecule has 0 unspecified atom stereocenters. The van der Waals surface area contributed by atoms with Crippen LogP contribution in [0.5, 0.6) is 0 Å². The summed E-state index contributed by atoms with van der Waals surface area (Å²) in [5.41, 5.74) is 4.30. The maximum atomic E-state index is 5.34. The van der Waals surface area contributed by atoms with E-state index in [9.17, 15) is 0 Å². The number of hydrogen-bond donors (Lipinski definition) is 2. The van der Waals surface area contributed by atoms with Gasteiger partial charge in [0.1, 0.15) is 0 Å². The van der Waals surface area contributed by atoms with Gasteiger partial charge in [0.05, 0.1) is 18.4 Å². The highest BCUT2D eigenvalue weighted by atomic mass is 79.9. The van der Waals surface area contributed by atoms with E-state index in [0.29, 0.717) is 5.11 Å². The lowest BCUT2D eigenvalue weighted by molar-refractivity contribution is 0.684. The molecule has 3 aromatic rings. The Kier molecular flexibility index (Phi) is 5.27. The van der Waals surface area contributed by atoms with Crippen LogP contribution in [0, 0.1) is 6.92 Å². The molecular formula is C18H17BrN4S. The van der Waals surface area contributed by atoms with E-state index in [-0.39, 0.29) is 0 Å². The van der Waals surface area contributed by atoms with Crippen LogP contribution in [0.3, 0.4) is 0 Å². The van der Waals surface area contributed by atoms with Crippen LogP contribution in [0.4, 0.5) is 11.4 Å². The molecule has 1 heterocycles. The number of nitrogens with one attached hydrogen (secondary N) is 2. The minimum absolute atomic E-state index is 0.535. The van der Waals surface area contributed by atoms with Gasteiger partial charge in [0, 0.05) is 16.4 Å². The number of halogens is 1. The van der Waals surface area contributed by atoms with Crippen LogP contribution in [0.1, 0.15) is 11.1 Å². The predicted octanol–water partition coefficient (Wildman–Crippen LogP) is 4.81. The molecule has 0 atom stereocenters. The Morgan fingerprint density at radius 1 is 1.08 bits per heavy atom. The van der Waals surface area contributed by atoms with Crippen molar-refractivity contribution in [2.24, 2.45) is 0 Å². The largest absolute Gasteiger partial charge is 0.332 e. The lowest BCUT2D eigenvalue weighted by Gasteiger charge is -2.09. The van der Waals surface area contributed by atoms with Gasteiger partial charge in [-0.3, -0.25) is 4.68 Å². The second kappa shape index (κ2) is 7.59. The zero-order chi connectivity index (χ0) is 16.9. The number of nitrogens with zero attached hydrogens (tertiary/aromatic N) is 2. The summed E-state index contributed by atoms with van der Waals surface area (Å²) in [7, 11) is 0. The highest BCUT2D eigenvalue weighted by Gasteiger charge is 2.04. The maximum absolute atomic E-state index is 5.34. The second-order valence-corrected chi connectivity index (χ2v) is 6.76. The summed E-state index contributed by atoms with van der Waals surface area (Å²) in [5.74, 6) is 0. The van der Waals surface area contributed by atoms with Crippen LogP contribution in [0.25, 0.3) is 0 Å². The molecule has 24 heavy (non-hydrogen) atoms. The molecule has 0 amide bonds. The Hall–Kier alpha value is -2.18. The van der Waals surface area contributed by atoms with Crippen LogP contribution < -0.4 is 10.6 Å². The molecule has 4 nitrogen and oxygen atoms in total. The van der Waals surface area contributed by atoms with Crippen molar-refractivity contribution in [3.8, 4) is 0 Å². The van der Waals surface area contributed by atoms with E-state index < -0.39 is 0 Å². The minimum Gasteiger partial charge on any atom is -0.332 e. The molecule has 0 aliphatic heterocycles. The monoisotopic (exact) mass is 400 g/mol. The average molecular weight is 401 g/mol. The Morgan fingerprint density at radius 3 is 2.54 bits per heavy atom. The van der Waals surface area contributed by atoms with E-state index in [1.54, 1.807) is 6.20 Å². The molecule has 2 N–H and O–H groups in total. The normalized spacial score (nSPS) is 10.4. The smallest absolute Gasteiger partial charge is 0.175 e. The number of aryl methyl sites for hydroxylation is 1. The van der Waals surface area contributed by atoms with Crippen molar-refractivity contribution in [2.45, 2.75) is 13.5 Å². The minimum atomic E-state index is 0.535. The summed E-state index contributed by atoms with van der Waals surface area (Å²) in [6, 6.07) is 16.2. The molecule has 6 heteroatoms. The highest BCUT2D eigenvalue weighted by molar-refractivity contribution is 9.10. The molecule has 0 aliphatic rings. The summed E-state index contributed by atoms with van der Waals surface area (Å²) in [4.78, 5) is 0. The van der Waals surface area contributed by atoms with Gasteiger partial charge in [-0.1, -0.05) is 40.2 Å². The molecule has 0 fully saturated rings. The van der Waals surface area contributed by atoms with Gasteiger partial charge in [-0.25, -0.2) is 0 Å². The molecule has 0 saturated heterocycles. The van der Waals surface area contributed by atoms with E-state index in [0.717, 1.165) is 22.4 Å². The topological polar surface area (TPSA) is 41.9 Å². The summed E-state index contributed by atoms with van der Waals surface area (Å²) in [5, 5.41) is 11.2. The molecule has 122 valence electrons. The number of rotatable bonds is 4. The second-order valence-electron chi connectivity index (χ2n) is 5.44. The van der Waals surface area contributed by atoms with Crippen molar-refractivity contribution < 1.29 is 0 Å². The van der Waals surface area contributed by atoms with Crippen molar-refractivity contribution >= 4 is 44.6 Å². The number of aromatic nitrogens is 2. The average Bonchev–Trinajstić information content (AvgIpc) is 2.99. The summed E-state index contributed by atoms with van der Waals surface area (Å²) in [6.45, 7) is 2.84. The summed E-state index contributed by atoms with van der Waals surface area (Å²) >= 11 is 8.75. The number of anilines is 2. The van der Waals surface area contributed by atoms with E-state index in [2.05, 4.69) is 50.7 Å². The molecule has 0 bridgehead atoms. The SMILES string of the molecule is Cc1ccccc1Cn1cc(NC(=S)Nc2ccc(Br)cc2)cn1. The summed E-state index contributed by atoms with van der Waals surface area (Å²) < 4.78 is 2.93. The van der Waals surface area contributed by atoms with Gasteiger partial charge in [-0.05, 0) is 54.5 Å². The van der Waals surface area contributed by atoms with E-state index in [1.807, 2.05) is 47.3 Å². The van der Waals surface area contributed by atoms with Gasteiger partial charge < -0.3 is 10.6 Å². The number of thiocarbonyl (C=S) groups is 1. The third kappa shape index (κ3) is 4.43. The molecule has 0 radical (unpaired) electrons. The van der Waals surface area contributed by atoms with E-state index in [1.165, 1.54) is 11.1 Å². The van der Waals surface area contributed by atoms with Gasteiger partial charge >= 0.3 is 0 Å². The number of hydrogen-bond acceptors (Lipinski definition) is 2. The quantitative estimate of drug-likeness (QED) is 0.616. The van der Waals surface area contributed by atoms with Gasteiger partial charge in [-0.15, -0.1) is 0 Å². The Labute approximate surface area is 155 Å². The summed E-state index contributed by atoms with van der Waals surface area (Å²) in [6.07, 6.45) is 3.72. The van der Waals surface area contributed by atoms with Gasteiger partial charge in [0.25, 0.3) is 0 Å². The molecule has 0 spiro atoms. The zero-order valence-electron chi connectivity index (χ0n) is 13.2. The fraction of sp³-hybridized carbons (Fsp3) is 0.111. The van der Waals surface area contributed by atoms with E-state index in [4.69, 9.17) is 12.2 Å². The zero-order valence-corrected chi connectivity index (χ0v) is 15.6. The van der Waals surface area contributed by atoms with Crippen molar-refractivity contribution in [1.82, 2.24) is 9.78 Å². The van der Waals surface area contributed by atoms with Gasteiger partial charge in [0.15, 0.2) is 5.11 Å². The first-order chi connectivity index (χ1) is 11.6. The molecule has 3 rings (SSSR count). The first-order valence-electron chi connectivity index (χ1n) is 7.51. The fourth-order valence-corrected chi connectivity index (χ4v) is 2.80.